The molecule has 2 amide bonds. The standard InChI is InChI=1S/C12H20N4O2S/c1-16(2)9(10-4-3-5-19-10)7-14-12(18)8-15-11(17)6-13/h3-5,9H,6-8,13H2,1-2H3,(H,14,18)(H,15,17). The number of likely N-dealkylation sites (N-methyl/N-ethyl adjacent to an activating group) is 1. The van der Waals surface area contributed by atoms with E-state index in [1.807, 2.05) is 36.5 Å². The number of rotatable bonds is 7. The number of hydrogen-bond acceptors (Lipinski definition) is 5. The van der Waals surface area contributed by atoms with Crippen LogP contribution in [0.3, 0.4) is 0 Å². The monoisotopic (exact) mass is 284 g/mol. The molecule has 1 unspecified atom stereocenters. The molecule has 0 aliphatic carbocycles. The summed E-state index contributed by atoms with van der Waals surface area (Å²) >= 11 is 1.65. The van der Waals surface area contributed by atoms with Crippen molar-refractivity contribution in [3.05, 3.63) is 22.4 Å². The van der Waals surface area contributed by atoms with E-state index in [0.717, 1.165) is 0 Å². The van der Waals surface area contributed by atoms with E-state index in [4.69, 9.17) is 5.73 Å². The smallest absolute Gasteiger partial charge is 0.239 e. The van der Waals surface area contributed by atoms with Crippen molar-refractivity contribution < 1.29 is 9.59 Å². The van der Waals surface area contributed by atoms with E-state index < -0.39 is 0 Å². The number of carbonyl (C=O) groups is 2. The molecule has 7 heteroatoms. The Bertz CT molecular complexity index is 406. The summed E-state index contributed by atoms with van der Waals surface area (Å²) in [5.41, 5.74) is 5.14. The van der Waals surface area contributed by atoms with Gasteiger partial charge in [0.2, 0.25) is 11.8 Å². The fourth-order valence-electron chi connectivity index (χ4n) is 1.54. The van der Waals surface area contributed by atoms with Crippen molar-refractivity contribution in [2.45, 2.75) is 6.04 Å². The second-order valence-corrected chi connectivity index (χ2v) is 5.26. The van der Waals surface area contributed by atoms with Crippen LogP contribution >= 0.6 is 11.3 Å². The number of thiophene rings is 1. The van der Waals surface area contributed by atoms with E-state index in [2.05, 4.69) is 10.6 Å². The predicted octanol–water partition coefficient (Wildman–Crippen LogP) is -0.458. The zero-order valence-electron chi connectivity index (χ0n) is 11.2. The van der Waals surface area contributed by atoms with Gasteiger partial charge in [0.25, 0.3) is 0 Å². The number of nitrogens with one attached hydrogen (secondary N) is 2. The van der Waals surface area contributed by atoms with Crippen LogP contribution in [0.1, 0.15) is 10.9 Å². The molecular formula is C12H20N4O2S. The molecule has 6 nitrogen and oxygen atoms in total. The first-order chi connectivity index (χ1) is 9.04. The van der Waals surface area contributed by atoms with Gasteiger partial charge in [-0.1, -0.05) is 6.07 Å². The van der Waals surface area contributed by atoms with Gasteiger partial charge in [-0.3, -0.25) is 9.59 Å². The number of amides is 2. The summed E-state index contributed by atoms with van der Waals surface area (Å²) in [6.07, 6.45) is 0. The fraction of sp³-hybridized carbons (Fsp3) is 0.500. The molecule has 0 radical (unpaired) electrons. The summed E-state index contributed by atoms with van der Waals surface area (Å²) in [7, 11) is 3.93. The van der Waals surface area contributed by atoms with Crippen LogP contribution in [0.4, 0.5) is 0 Å². The predicted molar refractivity (Wildman–Crippen MR) is 75.8 cm³/mol. The number of nitrogens with two attached hydrogens (primary N) is 1. The van der Waals surface area contributed by atoms with Crippen molar-refractivity contribution in [3.8, 4) is 0 Å². The van der Waals surface area contributed by atoms with E-state index in [9.17, 15) is 9.59 Å². The minimum Gasteiger partial charge on any atom is -0.353 e. The molecule has 19 heavy (non-hydrogen) atoms. The average Bonchev–Trinajstić information content (AvgIpc) is 2.89. The third-order valence-corrected chi connectivity index (χ3v) is 3.59. The Morgan fingerprint density at radius 3 is 2.63 bits per heavy atom. The van der Waals surface area contributed by atoms with Gasteiger partial charge in [0.15, 0.2) is 0 Å². The lowest BCUT2D eigenvalue weighted by atomic mass is 10.2. The van der Waals surface area contributed by atoms with Crippen molar-refractivity contribution in [2.75, 3.05) is 33.7 Å². The van der Waals surface area contributed by atoms with Gasteiger partial charge in [0.1, 0.15) is 0 Å². The van der Waals surface area contributed by atoms with Crippen molar-refractivity contribution in [1.29, 1.82) is 0 Å². The summed E-state index contributed by atoms with van der Waals surface area (Å²) in [6, 6.07) is 4.16. The Morgan fingerprint density at radius 1 is 1.37 bits per heavy atom. The molecule has 0 bridgehead atoms. The molecule has 1 rings (SSSR count). The summed E-state index contributed by atoms with van der Waals surface area (Å²) in [4.78, 5) is 25.7. The largest absolute Gasteiger partial charge is 0.353 e. The molecule has 0 fully saturated rings. The van der Waals surface area contributed by atoms with Gasteiger partial charge < -0.3 is 21.3 Å². The van der Waals surface area contributed by atoms with Gasteiger partial charge in [-0.2, -0.15) is 0 Å². The molecule has 0 aliphatic rings. The van der Waals surface area contributed by atoms with E-state index in [1.54, 1.807) is 11.3 Å². The highest BCUT2D eigenvalue weighted by atomic mass is 32.1. The van der Waals surface area contributed by atoms with E-state index in [-0.39, 0.29) is 30.9 Å². The first-order valence-corrected chi connectivity index (χ1v) is 6.86. The molecule has 1 atom stereocenters. The van der Waals surface area contributed by atoms with Crippen LogP contribution < -0.4 is 16.4 Å². The summed E-state index contributed by atoms with van der Waals surface area (Å²) < 4.78 is 0. The number of nitrogens with zero attached hydrogens (tertiary/aromatic N) is 1. The van der Waals surface area contributed by atoms with E-state index >= 15 is 0 Å². The Kier molecular flexibility index (Phi) is 6.48. The van der Waals surface area contributed by atoms with Gasteiger partial charge >= 0.3 is 0 Å². The average molecular weight is 284 g/mol. The summed E-state index contributed by atoms with van der Waals surface area (Å²) in [6.45, 7) is 0.355. The lowest BCUT2D eigenvalue weighted by Crippen LogP contribution is -2.42. The third kappa shape index (κ3) is 5.37. The van der Waals surface area contributed by atoms with Gasteiger partial charge in [0, 0.05) is 11.4 Å². The zero-order valence-corrected chi connectivity index (χ0v) is 12.0. The Hall–Kier alpha value is -1.44. The van der Waals surface area contributed by atoms with Crippen LogP contribution in [0.5, 0.6) is 0 Å². The van der Waals surface area contributed by atoms with Crippen LogP contribution in [0.2, 0.25) is 0 Å². The SMILES string of the molecule is CN(C)C(CNC(=O)CNC(=O)CN)c1cccs1. The topological polar surface area (TPSA) is 87.5 Å². The molecule has 1 aromatic rings. The third-order valence-electron chi connectivity index (χ3n) is 2.62. The molecule has 106 valence electrons. The first-order valence-electron chi connectivity index (χ1n) is 5.98. The van der Waals surface area contributed by atoms with Gasteiger partial charge in [-0.25, -0.2) is 0 Å². The first kappa shape index (κ1) is 15.6. The minimum atomic E-state index is -0.336. The van der Waals surface area contributed by atoms with E-state index in [1.165, 1.54) is 4.88 Å². The van der Waals surface area contributed by atoms with Gasteiger partial charge in [-0.05, 0) is 25.5 Å². The Morgan fingerprint density at radius 2 is 2.11 bits per heavy atom. The molecule has 0 saturated heterocycles. The molecule has 0 saturated carbocycles. The van der Waals surface area contributed by atoms with Crippen molar-refractivity contribution in [1.82, 2.24) is 15.5 Å². The van der Waals surface area contributed by atoms with Gasteiger partial charge in [0.05, 0.1) is 19.1 Å². The second-order valence-electron chi connectivity index (χ2n) is 4.28. The molecular weight excluding hydrogens is 264 g/mol. The second kappa shape index (κ2) is 7.88. The van der Waals surface area contributed by atoms with Crippen molar-refractivity contribution in [2.24, 2.45) is 5.73 Å². The zero-order chi connectivity index (χ0) is 14.3. The number of carbonyl (C=O) groups excluding carboxylic acids is 2. The molecule has 0 aromatic carbocycles. The van der Waals surface area contributed by atoms with Crippen LogP contribution in [-0.2, 0) is 9.59 Å². The van der Waals surface area contributed by atoms with Crippen LogP contribution in [0.15, 0.2) is 17.5 Å². The van der Waals surface area contributed by atoms with E-state index in [0.29, 0.717) is 6.54 Å². The summed E-state index contributed by atoms with van der Waals surface area (Å²) in [5, 5.41) is 7.24. The lowest BCUT2D eigenvalue weighted by molar-refractivity contribution is -0.125. The molecule has 4 N–H and O–H groups in total. The maximum Gasteiger partial charge on any atom is 0.239 e. The molecule has 1 heterocycles. The maximum atomic E-state index is 11.6. The molecule has 0 aliphatic heterocycles. The maximum absolute atomic E-state index is 11.6. The number of hydrogen-bond donors (Lipinski definition) is 3. The van der Waals surface area contributed by atoms with Crippen LogP contribution in [-0.4, -0.2) is 50.4 Å². The minimum absolute atomic E-state index is 0.0410. The highest BCUT2D eigenvalue weighted by Crippen LogP contribution is 2.22. The fourth-order valence-corrected chi connectivity index (χ4v) is 2.47. The Balaban J connectivity index is 2.40. The van der Waals surface area contributed by atoms with Gasteiger partial charge in [-0.15, -0.1) is 11.3 Å². The highest BCUT2D eigenvalue weighted by Gasteiger charge is 2.16. The van der Waals surface area contributed by atoms with Crippen LogP contribution in [0, 0.1) is 0 Å². The lowest BCUT2D eigenvalue weighted by Gasteiger charge is -2.23. The highest BCUT2D eigenvalue weighted by molar-refractivity contribution is 7.10. The normalized spacial score (nSPS) is 12.2. The quantitative estimate of drug-likeness (QED) is 0.632. The van der Waals surface area contributed by atoms with Crippen molar-refractivity contribution in [3.63, 3.8) is 0 Å². The Labute approximate surface area is 117 Å². The van der Waals surface area contributed by atoms with Crippen LogP contribution in [0.25, 0.3) is 0 Å². The summed E-state index contributed by atoms with van der Waals surface area (Å²) in [5.74, 6) is -0.553. The molecule has 0 spiro atoms. The van der Waals surface area contributed by atoms with Crippen molar-refractivity contribution >= 4 is 23.2 Å². The molecule has 1 aromatic heterocycles.